The highest BCUT2D eigenvalue weighted by Crippen LogP contribution is 2.25. The van der Waals surface area contributed by atoms with Crippen LogP contribution in [0.2, 0.25) is 0 Å². The Morgan fingerprint density at radius 3 is 2.71 bits per heavy atom. The van der Waals surface area contributed by atoms with Crippen LogP contribution in [-0.2, 0) is 0 Å². The molecule has 0 saturated heterocycles. The molecule has 1 aliphatic heterocycles. The van der Waals surface area contributed by atoms with E-state index in [4.69, 9.17) is 0 Å². The number of carbonyl (C=O) groups is 1. The van der Waals surface area contributed by atoms with E-state index < -0.39 is 11.3 Å². The summed E-state index contributed by atoms with van der Waals surface area (Å²) in [5, 5.41) is 9.69. The van der Waals surface area contributed by atoms with Crippen molar-refractivity contribution in [3.05, 3.63) is 22.4 Å². The third-order valence-corrected chi connectivity index (χ3v) is 3.01. The molecule has 92 valence electrons. The molecule has 0 spiro atoms. The summed E-state index contributed by atoms with van der Waals surface area (Å²) in [7, 11) is 0. The predicted molar refractivity (Wildman–Crippen MR) is 61.0 cm³/mol. The van der Waals surface area contributed by atoms with Crippen molar-refractivity contribution < 1.29 is 9.90 Å². The van der Waals surface area contributed by atoms with Crippen molar-refractivity contribution >= 4 is 5.91 Å². The third-order valence-electron chi connectivity index (χ3n) is 3.01. The van der Waals surface area contributed by atoms with Gasteiger partial charge in [0.15, 0.2) is 5.69 Å². The molecule has 0 fully saturated rings. The van der Waals surface area contributed by atoms with Crippen molar-refractivity contribution in [1.82, 2.24) is 14.5 Å². The lowest BCUT2D eigenvalue weighted by molar-refractivity contribution is 0.0606. The molecule has 1 atom stereocenters. The average molecular weight is 237 g/mol. The molecule has 0 unspecified atom stereocenters. The number of aromatic nitrogens is 2. The number of fused-ring (bicyclic) bond motifs is 1. The van der Waals surface area contributed by atoms with E-state index in [9.17, 15) is 14.7 Å². The van der Waals surface area contributed by atoms with Gasteiger partial charge < -0.3 is 14.6 Å². The Morgan fingerprint density at radius 2 is 2.12 bits per heavy atom. The van der Waals surface area contributed by atoms with Crippen LogP contribution < -0.4 is 5.56 Å². The van der Waals surface area contributed by atoms with Crippen LogP contribution >= 0.6 is 0 Å². The van der Waals surface area contributed by atoms with Gasteiger partial charge in [0.2, 0.25) is 5.75 Å². The summed E-state index contributed by atoms with van der Waals surface area (Å²) in [6.45, 7) is 6.26. The van der Waals surface area contributed by atoms with Gasteiger partial charge in [-0.15, -0.1) is 0 Å². The van der Waals surface area contributed by atoms with Crippen LogP contribution in [0.4, 0.5) is 0 Å². The van der Waals surface area contributed by atoms with E-state index in [-0.39, 0.29) is 23.7 Å². The van der Waals surface area contributed by atoms with Crippen molar-refractivity contribution in [2.75, 3.05) is 6.54 Å². The molecule has 2 heterocycles. The third kappa shape index (κ3) is 1.69. The largest absolute Gasteiger partial charge is 0.501 e. The van der Waals surface area contributed by atoms with Crippen LogP contribution in [0.25, 0.3) is 0 Å². The highest BCUT2D eigenvalue weighted by molar-refractivity contribution is 5.95. The Bertz CT molecular complexity index is 521. The van der Waals surface area contributed by atoms with Gasteiger partial charge in [0.1, 0.15) is 0 Å². The second kappa shape index (κ2) is 3.87. The maximum atomic E-state index is 12.2. The first-order valence-electron chi connectivity index (χ1n) is 5.54. The Balaban J connectivity index is 2.62. The van der Waals surface area contributed by atoms with E-state index in [1.165, 1.54) is 6.33 Å². The maximum absolute atomic E-state index is 12.2. The number of amides is 1. The fourth-order valence-electron chi connectivity index (χ4n) is 2.04. The average Bonchev–Trinajstić information content (AvgIpc) is 2.26. The zero-order valence-corrected chi connectivity index (χ0v) is 10.0. The Hall–Kier alpha value is -1.85. The first-order valence-corrected chi connectivity index (χ1v) is 5.54. The minimum Gasteiger partial charge on any atom is -0.501 e. The SMILES string of the molecule is CC(C)N1C[C@H](C)n2cnc(=O)c(O)c2C1=O. The molecule has 1 aromatic rings. The zero-order valence-electron chi connectivity index (χ0n) is 10.0. The van der Waals surface area contributed by atoms with Gasteiger partial charge in [-0.3, -0.25) is 9.59 Å². The Morgan fingerprint density at radius 1 is 1.47 bits per heavy atom. The standard InChI is InChI=1S/C11H15N3O3/c1-6(2)13-4-7(3)14-5-12-10(16)9(15)8(14)11(13)17/h5-7,15H,4H2,1-3H3/t7-/m0/s1. The molecule has 17 heavy (non-hydrogen) atoms. The molecule has 1 aromatic heterocycles. The molecular weight excluding hydrogens is 222 g/mol. The van der Waals surface area contributed by atoms with Crippen LogP contribution in [0.15, 0.2) is 11.1 Å². The second-order valence-corrected chi connectivity index (χ2v) is 4.55. The van der Waals surface area contributed by atoms with Crippen LogP contribution in [0, 0.1) is 0 Å². The topological polar surface area (TPSA) is 75.4 Å². The predicted octanol–water partition coefficient (Wildman–Crippen LogP) is 0.374. The summed E-state index contributed by atoms with van der Waals surface area (Å²) < 4.78 is 1.55. The molecule has 0 bridgehead atoms. The maximum Gasteiger partial charge on any atom is 0.315 e. The summed E-state index contributed by atoms with van der Waals surface area (Å²) in [4.78, 5) is 28.6. The van der Waals surface area contributed by atoms with Gasteiger partial charge in [-0.1, -0.05) is 0 Å². The Kier molecular flexibility index (Phi) is 2.65. The van der Waals surface area contributed by atoms with Crippen LogP contribution in [0.5, 0.6) is 5.75 Å². The lowest BCUT2D eigenvalue weighted by Crippen LogP contribution is -2.47. The minimum absolute atomic E-state index is 0.0101. The lowest BCUT2D eigenvalue weighted by Gasteiger charge is -2.36. The van der Waals surface area contributed by atoms with Gasteiger partial charge in [0.05, 0.1) is 12.4 Å². The second-order valence-electron chi connectivity index (χ2n) is 4.55. The van der Waals surface area contributed by atoms with E-state index >= 15 is 0 Å². The lowest BCUT2D eigenvalue weighted by atomic mass is 10.1. The van der Waals surface area contributed by atoms with Gasteiger partial charge in [0, 0.05) is 12.6 Å². The van der Waals surface area contributed by atoms with Crippen molar-refractivity contribution in [2.24, 2.45) is 0 Å². The minimum atomic E-state index is -0.762. The van der Waals surface area contributed by atoms with Gasteiger partial charge in [-0.25, -0.2) is 0 Å². The van der Waals surface area contributed by atoms with Gasteiger partial charge in [-0.2, -0.15) is 4.98 Å². The molecule has 0 aromatic carbocycles. The molecular formula is C11H15N3O3. The molecule has 0 saturated carbocycles. The first-order chi connectivity index (χ1) is 7.93. The number of aromatic hydroxyl groups is 1. The van der Waals surface area contributed by atoms with E-state index in [2.05, 4.69) is 4.98 Å². The molecule has 1 amide bonds. The fraction of sp³-hybridized carbons (Fsp3) is 0.545. The monoisotopic (exact) mass is 237 g/mol. The van der Waals surface area contributed by atoms with E-state index in [1.807, 2.05) is 20.8 Å². The summed E-state index contributed by atoms with van der Waals surface area (Å²) in [5.41, 5.74) is -0.722. The van der Waals surface area contributed by atoms with Crippen molar-refractivity contribution in [2.45, 2.75) is 32.9 Å². The fourth-order valence-corrected chi connectivity index (χ4v) is 2.04. The normalized spacial score (nSPS) is 19.6. The number of rotatable bonds is 1. The Labute approximate surface area is 98.5 Å². The van der Waals surface area contributed by atoms with E-state index in [0.717, 1.165) is 0 Å². The first kappa shape index (κ1) is 11.6. The number of hydrogen-bond acceptors (Lipinski definition) is 4. The number of carbonyl (C=O) groups excluding carboxylic acids is 1. The summed E-state index contributed by atoms with van der Waals surface area (Å²) in [6, 6.07) is 0.0190. The highest BCUT2D eigenvalue weighted by Gasteiger charge is 2.33. The molecule has 0 aliphatic carbocycles. The number of hydrogen-bond donors (Lipinski definition) is 1. The van der Waals surface area contributed by atoms with E-state index in [1.54, 1.807) is 9.47 Å². The molecule has 1 aliphatic rings. The summed E-state index contributed by atoms with van der Waals surface area (Å²) in [5.74, 6) is -0.884. The smallest absolute Gasteiger partial charge is 0.315 e. The number of nitrogens with zero attached hydrogens (tertiary/aromatic N) is 3. The van der Waals surface area contributed by atoms with Gasteiger partial charge in [0.25, 0.3) is 5.91 Å². The van der Waals surface area contributed by atoms with Crippen LogP contribution in [0.3, 0.4) is 0 Å². The molecule has 6 nitrogen and oxygen atoms in total. The van der Waals surface area contributed by atoms with Crippen molar-refractivity contribution in [3.8, 4) is 5.75 Å². The van der Waals surface area contributed by atoms with Crippen molar-refractivity contribution in [3.63, 3.8) is 0 Å². The zero-order chi connectivity index (χ0) is 12.7. The quantitative estimate of drug-likeness (QED) is 0.766. The van der Waals surface area contributed by atoms with E-state index in [0.29, 0.717) is 6.54 Å². The molecule has 0 radical (unpaired) electrons. The van der Waals surface area contributed by atoms with Gasteiger partial charge in [-0.05, 0) is 20.8 Å². The summed E-state index contributed by atoms with van der Waals surface area (Å²) in [6.07, 6.45) is 1.32. The van der Waals surface area contributed by atoms with Crippen LogP contribution in [-0.4, -0.2) is 38.1 Å². The van der Waals surface area contributed by atoms with Crippen molar-refractivity contribution in [1.29, 1.82) is 0 Å². The van der Waals surface area contributed by atoms with Gasteiger partial charge >= 0.3 is 5.56 Å². The van der Waals surface area contributed by atoms with Crippen LogP contribution in [0.1, 0.15) is 37.3 Å². The molecule has 2 rings (SSSR count). The summed E-state index contributed by atoms with van der Waals surface area (Å²) >= 11 is 0. The molecule has 1 N–H and O–H groups in total. The molecule has 6 heteroatoms. The highest BCUT2D eigenvalue weighted by atomic mass is 16.3.